The van der Waals surface area contributed by atoms with Crippen LogP contribution in [0.3, 0.4) is 0 Å². The Morgan fingerprint density at radius 1 is 0.271 bits per heavy atom. The molecule has 0 N–H and O–H groups in total. The van der Waals surface area contributed by atoms with Crippen molar-refractivity contribution >= 4 is 47.7 Å². The molecular formula is C56H40P2Pd. The molecule has 8 rings (SSSR count). The second-order valence-corrected chi connectivity index (χ2v) is 16.8. The van der Waals surface area contributed by atoms with Crippen LogP contribution in [0.25, 0.3) is 0 Å². The van der Waals surface area contributed by atoms with Crippen molar-refractivity contribution < 1.29 is 20.4 Å². The molecule has 0 aliphatic heterocycles. The van der Waals surface area contributed by atoms with E-state index in [1.807, 2.05) is 0 Å². The molecule has 0 aromatic heterocycles. The van der Waals surface area contributed by atoms with Gasteiger partial charge >= 0.3 is 20.4 Å². The minimum absolute atomic E-state index is 0. The molecule has 0 aliphatic carbocycles. The summed E-state index contributed by atoms with van der Waals surface area (Å²) in [6.45, 7) is 0. The first kappa shape index (κ1) is 45.2. The minimum atomic E-state index is -0.446. The van der Waals surface area contributed by atoms with Crippen molar-refractivity contribution in [2.75, 3.05) is 0 Å². The van der Waals surface area contributed by atoms with E-state index in [2.05, 4.69) is 206 Å². The molecule has 0 nitrogen and oxygen atoms in total. The molecule has 8 aromatic rings. The summed E-state index contributed by atoms with van der Waals surface area (Å²) in [6.07, 6.45) is 23.8. The van der Waals surface area contributed by atoms with Gasteiger partial charge in [0.1, 0.15) is 0 Å². The Balaban J connectivity index is 0.000000181. The van der Waals surface area contributed by atoms with Gasteiger partial charge in [-0.25, -0.2) is 0 Å². The molecule has 0 bridgehead atoms. The molecular weight excluding hydrogens is 841 g/mol. The topological polar surface area (TPSA) is 0 Å². The van der Waals surface area contributed by atoms with Gasteiger partial charge in [0, 0.05) is 11.1 Å². The maximum atomic E-state index is 6.77. The van der Waals surface area contributed by atoms with Crippen LogP contribution in [0.2, 0.25) is 0 Å². The average molecular weight is 881 g/mol. The Bertz CT molecular complexity index is 2110. The van der Waals surface area contributed by atoms with E-state index in [-0.39, 0.29) is 20.4 Å². The number of hydrogen-bond donors (Lipinski definition) is 0. The molecule has 59 heavy (non-hydrogen) atoms. The van der Waals surface area contributed by atoms with E-state index in [9.17, 15) is 0 Å². The van der Waals surface area contributed by atoms with Crippen LogP contribution < -0.4 is 31.8 Å². The van der Waals surface area contributed by atoms with Gasteiger partial charge in [0.15, 0.2) is 0 Å². The third-order valence-corrected chi connectivity index (χ3v) is 13.4. The van der Waals surface area contributed by atoms with E-state index in [1.54, 1.807) is 48.5 Å². The first-order chi connectivity index (χ1) is 28.6. The molecule has 0 saturated heterocycles. The second kappa shape index (κ2) is 25.7. The monoisotopic (exact) mass is 880 g/mol. The van der Waals surface area contributed by atoms with Crippen molar-refractivity contribution in [3.63, 3.8) is 0 Å². The smallest absolute Gasteiger partial charge is 0.366 e. The predicted octanol–water partition coefficient (Wildman–Crippen LogP) is 10.1. The number of benzene rings is 8. The molecule has 0 fully saturated rings. The van der Waals surface area contributed by atoms with Gasteiger partial charge in [-0.05, 0) is 47.7 Å². The average Bonchev–Trinajstić information content (AvgIpc) is 3.32. The molecule has 0 unspecified atom stereocenters. The van der Waals surface area contributed by atoms with Gasteiger partial charge in [0.25, 0.3) is 0 Å². The van der Waals surface area contributed by atoms with Crippen molar-refractivity contribution in [2.24, 2.45) is 0 Å². The summed E-state index contributed by atoms with van der Waals surface area (Å²) in [5.41, 5.74) is 3.16. The Labute approximate surface area is 368 Å². The molecule has 0 aliphatic rings. The number of terminal acetylenes is 2. The van der Waals surface area contributed by atoms with Gasteiger partial charge in [-0.15, -0.1) is 48.2 Å². The molecule has 0 atom stereocenters. The summed E-state index contributed by atoms with van der Waals surface area (Å²) >= 11 is 0. The van der Waals surface area contributed by atoms with E-state index >= 15 is 0 Å². The molecule has 0 spiro atoms. The van der Waals surface area contributed by atoms with Gasteiger partial charge in [-0.3, -0.25) is 11.8 Å². The second-order valence-electron chi connectivity index (χ2n) is 12.4. The first-order valence-electron chi connectivity index (χ1n) is 18.5. The third kappa shape index (κ3) is 14.4. The zero-order chi connectivity index (χ0) is 40.6. The van der Waals surface area contributed by atoms with Crippen molar-refractivity contribution in [3.8, 4) is 36.5 Å². The van der Waals surface area contributed by atoms with Crippen LogP contribution in [-0.4, -0.2) is 0 Å². The third-order valence-electron chi connectivity index (χ3n) is 8.48. The summed E-state index contributed by atoms with van der Waals surface area (Å²) < 4.78 is 0. The van der Waals surface area contributed by atoms with Crippen LogP contribution in [0.15, 0.2) is 231 Å². The summed E-state index contributed by atoms with van der Waals surface area (Å²) in [4.78, 5) is 0. The number of rotatable bonds is 6. The summed E-state index contributed by atoms with van der Waals surface area (Å²) in [6, 6.07) is 78.9. The molecule has 0 amide bonds. The van der Waals surface area contributed by atoms with Gasteiger partial charge < -0.3 is 12.8 Å². The fourth-order valence-corrected chi connectivity index (χ4v) is 10.3. The van der Waals surface area contributed by atoms with Gasteiger partial charge in [-0.1, -0.05) is 218 Å². The zero-order valence-corrected chi connectivity index (χ0v) is 35.6. The molecule has 0 saturated carbocycles. The predicted molar refractivity (Wildman–Crippen MR) is 252 cm³/mol. The summed E-state index contributed by atoms with van der Waals surface area (Å²) in [5, 5.41) is 8.39. The Morgan fingerprint density at radius 3 is 0.593 bits per heavy atom. The minimum Gasteiger partial charge on any atom is -0.366 e. The van der Waals surface area contributed by atoms with Gasteiger partial charge in [0.05, 0.1) is 0 Å². The molecule has 0 heterocycles. The largest absolute Gasteiger partial charge is 2.00 e. The standard InChI is InChI=1S/2C18H15P.2C10H5.Pd/c2*1-4-10-16(11-5-1)19(17-12-6-2-7-13-17)18-14-8-3-9-15-18;2*1-3-9-5-7-10(4-2)8-6-9;/h2*1-15H;2*1,5-8H;/q;;2*-1;+2. The maximum Gasteiger partial charge on any atom is 2.00 e. The normalized spacial score (nSPS) is 9.46. The van der Waals surface area contributed by atoms with Crippen LogP contribution in [0.4, 0.5) is 0 Å². The summed E-state index contributed by atoms with van der Waals surface area (Å²) in [5.74, 6) is 9.50. The Hall–Kier alpha value is -6.48. The van der Waals surface area contributed by atoms with E-state index in [1.165, 1.54) is 31.8 Å². The molecule has 284 valence electrons. The van der Waals surface area contributed by atoms with Crippen molar-refractivity contribution in [2.45, 2.75) is 0 Å². The van der Waals surface area contributed by atoms with Crippen molar-refractivity contribution in [1.29, 1.82) is 0 Å². The van der Waals surface area contributed by atoms with Crippen LogP contribution in [0, 0.1) is 49.4 Å². The molecule has 0 radical (unpaired) electrons. The van der Waals surface area contributed by atoms with Gasteiger partial charge in [0.2, 0.25) is 0 Å². The molecule has 8 aromatic carbocycles. The Morgan fingerprint density at radius 2 is 0.441 bits per heavy atom. The van der Waals surface area contributed by atoms with E-state index in [0.29, 0.717) is 0 Å². The van der Waals surface area contributed by atoms with Gasteiger partial charge in [-0.2, -0.15) is 0 Å². The van der Waals surface area contributed by atoms with Crippen LogP contribution >= 0.6 is 15.8 Å². The number of hydrogen-bond acceptors (Lipinski definition) is 0. The SMILES string of the molecule is [C-]#Cc1ccc(C#C)cc1.[C-]#Cc1ccc(C#C)cc1.[Pd+2].c1ccc(P(c2ccccc2)c2ccccc2)cc1.c1ccc(P(c2ccccc2)c2ccccc2)cc1. The fraction of sp³-hybridized carbons (Fsp3) is 0. The van der Waals surface area contributed by atoms with Crippen LogP contribution in [0.5, 0.6) is 0 Å². The van der Waals surface area contributed by atoms with E-state index in [4.69, 9.17) is 25.7 Å². The fourth-order valence-electron chi connectivity index (χ4n) is 5.66. The van der Waals surface area contributed by atoms with Crippen LogP contribution in [0.1, 0.15) is 22.3 Å². The first-order valence-corrected chi connectivity index (χ1v) is 21.2. The summed E-state index contributed by atoms with van der Waals surface area (Å²) in [7, 11) is -0.892. The van der Waals surface area contributed by atoms with E-state index in [0.717, 1.165) is 22.3 Å². The van der Waals surface area contributed by atoms with Crippen molar-refractivity contribution in [3.05, 3.63) is 266 Å². The van der Waals surface area contributed by atoms with E-state index < -0.39 is 15.8 Å². The quantitative estimate of drug-likeness (QED) is 0.0676. The zero-order valence-electron chi connectivity index (χ0n) is 32.3. The maximum absolute atomic E-state index is 6.77. The van der Waals surface area contributed by atoms with Crippen molar-refractivity contribution in [1.82, 2.24) is 0 Å². The van der Waals surface area contributed by atoms with Crippen LogP contribution in [-0.2, 0) is 20.4 Å². The molecule has 3 heteroatoms. The Kier molecular flexibility index (Phi) is 19.7.